The number of fused-ring (bicyclic) bond motifs is 2. The molecule has 10 nitrogen and oxygen atoms in total. The van der Waals surface area contributed by atoms with Gasteiger partial charge in [0.2, 0.25) is 0 Å². The van der Waals surface area contributed by atoms with Gasteiger partial charge in [-0.25, -0.2) is 4.79 Å². The lowest BCUT2D eigenvalue weighted by Gasteiger charge is -2.32. The van der Waals surface area contributed by atoms with Gasteiger partial charge in [0.15, 0.2) is 11.5 Å². The van der Waals surface area contributed by atoms with Gasteiger partial charge in [0.1, 0.15) is 0 Å². The highest BCUT2D eigenvalue weighted by Crippen LogP contribution is 2.49. The summed E-state index contributed by atoms with van der Waals surface area (Å²) in [5, 5.41) is 22.9. The molecular formula is C22H16F8N6O4. The molecule has 1 unspecified atom stereocenters. The smallest absolute Gasteiger partial charge is 0.465 e. The number of H-pyrrole nitrogens is 1. The van der Waals surface area contributed by atoms with E-state index in [-0.39, 0.29) is 42.7 Å². The van der Waals surface area contributed by atoms with Crippen molar-refractivity contribution < 1.29 is 54.5 Å². The van der Waals surface area contributed by atoms with E-state index in [9.17, 15) is 45.0 Å². The molecule has 1 atom stereocenters. The van der Waals surface area contributed by atoms with Crippen LogP contribution >= 0.6 is 0 Å². The van der Waals surface area contributed by atoms with Gasteiger partial charge in [-0.05, 0) is 47.9 Å². The molecule has 0 aliphatic carbocycles. The number of aromatic amines is 1. The number of ether oxygens (including phenoxy) is 2. The number of amides is 1. The first-order chi connectivity index (χ1) is 18.6. The number of rotatable bonds is 4. The van der Waals surface area contributed by atoms with Crippen molar-refractivity contribution in [3.8, 4) is 11.5 Å². The summed E-state index contributed by atoms with van der Waals surface area (Å²) in [5.74, 6) is -1.17. The topological polar surface area (TPSA) is 117 Å². The summed E-state index contributed by atoms with van der Waals surface area (Å²) in [5.41, 5.74) is -3.58. The van der Waals surface area contributed by atoms with Crippen molar-refractivity contribution in [2.24, 2.45) is 0 Å². The molecule has 3 aromatic rings. The number of nitrogens with zero attached hydrogens (tertiary/aromatic N) is 5. The van der Waals surface area contributed by atoms with E-state index in [1.165, 1.54) is 4.90 Å². The molecule has 5 rings (SSSR count). The minimum atomic E-state index is -5.10. The fourth-order valence-corrected chi connectivity index (χ4v) is 4.65. The van der Waals surface area contributed by atoms with Gasteiger partial charge in [-0.15, -0.1) is 13.9 Å². The molecule has 2 aliphatic heterocycles. The number of carboxylic acid groups (broad SMARTS) is 1. The van der Waals surface area contributed by atoms with Crippen molar-refractivity contribution in [2.45, 2.75) is 44.1 Å². The Bertz CT molecular complexity index is 1400. The number of tetrazole rings is 1. The fourth-order valence-electron chi connectivity index (χ4n) is 4.65. The third-order valence-corrected chi connectivity index (χ3v) is 6.26. The van der Waals surface area contributed by atoms with Crippen molar-refractivity contribution in [1.29, 1.82) is 0 Å². The summed E-state index contributed by atoms with van der Waals surface area (Å²) in [7, 11) is 0. The monoisotopic (exact) mass is 580 g/mol. The van der Waals surface area contributed by atoms with Gasteiger partial charge in [0.25, 0.3) is 5.95 Å². The molecule has 0 fully saturated rings. The maximum atomic E-state index is 13.8. The van der Waals surface area contributed by atoms with E-state index >= 15 is 0 Å². The zero-order valence-electron chi connectivity index (χ0n) is 19.7. The highest BCUT2D eigenvalue weighted by Gasteiger charge is 2.45. The second kappa shape index (κ2) is 9.37. The van der Waals surface area contributed by atoms with Crippen molar-refractivity contribution in [3.63, 3.8) is 0 Å². The van der Waals surface area contributed by atoms with Crippen LogP contribution in [0, 0.1) is 0 Å². The Labute approximate surface area is 218 Å². The van der Waals surface area contributed by atoms with Crippen LogP contribution in [-0.2, 0) is 18.9 Å². The SMILES string of the molecule is O=C(O)N1CCCC(N(Cc2cc(C(F)(F)F)cc(C(F)(F)F)c2)c2nn[nH]n2)c2cc3c(cc21)OC(F)(F)O3. The molecule has 0 bridgehead atoms. The predicted molar refractivity (Wildman–Crippen MR) is 117 cm³/mol. The summed E-state index contributed by atoms with van der Waals surface area (Å²) in [6.45, 7) is -0.745. The normalized spacial score (nSPS) is 18.3. The molecule has 2 aliphatic rings. The predicted octanol–water partition coefficient (Wildman–Crippen LogP) is 5.58. The lowest BCUT2D eigenvalue weighted by atomic mass is 9.97. The van der Waals surface area contributed by atoms with Crippen LogP contribution in [0.3, 0.4) is 0 Å². The molecule has 3 heterocycles. The Morgan fingerprint density at radius 3 is 2.23 bits per heavy atom. The number of benzene rings is 2. The molecule has 40 heavy (non-hydrogen) atoms. The fraction of sp³-hybridized carbons (Fsp3) is 0.364. The van der Waals surface area contributed by atoms with E-state index in [0.717, 1.165) is 17.0 Å². The zero-order chi connectivity index (χ0) is 29.0. The minimum Gasteiger partial charge on any atom is -0.465 e. The number of anilines is 2. The lowest BCUT2D eigenvalue weighted by Crippen LogP contribution is -2.31. The summed E-state index contributed by atoms with van der Waals surface area (Å²) in [6.07, 6.45) is -15.5. The Kier molecular flexibility index (Phi) is 6.37. The number of hydrogen-bond acceptors (Lipinski definition) is 7. The molecule has 0 radical (unpaired) electrons. The van der Waals surface area contributed by atoms with Crippen LogP contribution in [0.2, 0.25) is 0 Å². The Hall–Kier alpha value is -4.38. The first-order valence-corrected chi connectivity index (χ1v) is 11.3. The summed E-state index contributed by atoms with van der Waals surface area (Å²) < 4.78 is 117. The molecule has 0 saturated heterocycles. The minimum absolute atomic E-state index is 0.0192. The molecule has 18 heteroatoms. The number of hydrogen-bond donors (Lipinski definition) is 2. The van der Waals surface area contributed by atoms with Crippen molar-refractivity contribution in [2.75, 3.05) is 16.3 Å². The van der Waals surface area contributed by atoms with Crippen LogP contribution < -0.4 is 19.3 Å². The van der Waals surface area contributed by atoms with E-state index in [1.807, 2.05) is 0 Å². The number of halogens is 8. The highest BCUT2D eigenvalue weighted by atomic mass is 19.4. The lowest BCUT2D eigenvalue weighted by molar-refractivity contribution is -0.286. The van der Waals surface area contributed by atoms with Crippen LogP contribution in [0.4, 0.5) is 51.6 Å². The number of aromatic nitrogens is 4. The maximum absolute atomic E-state index is 13.8. The van der Waals surface area contributed by atoms with Gasteiger partial charge < -0.3 is 19.5 Å². The van der Waals surface area contributed by atoms with Crippen LogP contribution in [-0.4, -0.2) is 44.7 Å². The molecule has 2 aromatic carbocycles. The quantitative estimate of drug-likeness (QED) is 0.384. The van der Waals surface area contributed by atoms with Gasteiger partial charge in [0.05, 0.1) is 22.9 Å². The second-order valence-corrected chi connectivity index (χ2v) is 8.87. The van der Waals surface area contributed by atoms with E-state index in [4.69, 9.17) is 0 Å². The molecular weight excluding hydrogens is 564 g/mol. The summed E-state index contributed by atoms with van der Waals surface area (Å²) in [6, 6.07) is 2.10. The van der Waals surface area contributed by atoms with Crippen LogP contribution in [0.15, 0.2) is 30.3 Å². The standard InChI is InChI=1S/C22H16F8N6O4/c23-20(24,25)11-4-10(5-12(6-11)21(26,27)28)9-36(18-31-33-34-32-18)14-2-1-3-35(19(37)38)15-8-17-16(7-13(14)15)39-22(29,30)40-17/h4-8,14H,1-3,9H2,(H,37,38)(H,31,32,33,34). The van der Waals surface area contributed by atoms with E-state index in [1.54, 1.807) is 0 Å². The average Bonchev–Trinajstić information content (AvgIpc) is 3.42. The third kappa shape index (κ3) is 5.24. The average molecular weight is 580 g/mol. The molecule has 1 aromatic heterocycles. The van der Waals surface area contributed by atoms with Crippen molar-refractivity contribution in [1.82, 2.24) is 20.6 Å². The van der Waals surface area contributed by atoms with Gasteiger partial charge in [-0.2, -0.15) is 31.6 Å². The van der Waals surface area contributed by atoms with Crippen LogP contribution in [0.1, 0.15) is 41.1 Å². The van der Waals surface area contributed by atoms with Gasteiger partial charge in [0, 0.05) is 24.7 Å². The molecule has 0 saturated carbocycles. The Balaban J connectivity index is 1.64. The molecule has 1 amide bonds. The van der Waals surface area contributed by atoms with Crippen LogP contribution in [0.5, 0.6) is 11.5 Å². The van der Waals surface area contributed by atoms with E-state index in [0.29, 0.717) is 12.1 Å². The van der Waals surface area contributed by atoms with Gasteiger partial charge in [-0.1, -0.05) is 5.10 Å². The van der Waals surface area contributed by atoms with Gasteiger partial charge >= 0.3 is 24.7 Å². The summed E-state index contributed by atoms with van der Waals surface area (Å²) >= 11 is 0. The van der Waals surface area contributed by atoms with Crippen LogP contribution in [0.25, 0.3) is 0 Å². The van der Waals surface area contributed by atoms with E-state index in [2.05, 4.69) is 30.1 Å². The molecule has 214 valence electrons. The molecule has 2 N–H and O–H groups in total. The van der Waals surface area contributed by atoms with Crippen molar-refractivity contribution >= 4 is 17.7 Å². The number of nitrogens with one attached hydrogen (secondary N) is 1. The van der Waals surface area contributed by atoms with Gasteiger partial charge in [-0.3, -0.25) is 4.90 Å². The number of alkyl halides is 8. The first-order valence-electron chi connectivity index (χ1n) is 11.3. The highest BCUT2D eigenvalue weighted by molar-refractivity contribution is 5.88. The largest absolute Gasteiger partial charge is 0.586 e. The Morgan fingerprint density at radius 1 is 1.05 bits per heavy atom. The number of carbonyl (C=O) groups is 1. The summed E-state index contributed by atoms with van der Waals surface area (Å²) in [4.78, 5) is 14.1. The zero-order valence-corrected chi connectivity index (χ0v) is 19.7. The molecule has 0 spiro atoms. The van der Waals surface area contributed by atoms with E-state index < -0.39 is 65.5 Å². The Morgan fingerprint density at radius 2 is 1.68 bits per heavy atom. The first kappa shape index (κ1) is 27.2. The van der Waals surface area contributed by atoms with Crippen molar-refractivity contribution in [3.05, 3.63) is 52.6 Å². The third-order valence-electron chi connectivity index (χ3n) is 6.26. The second-order valence-electron chi connectivity index (χ2n) is 8.87. The maximum Gasteiger partial charge on any atom is 0.586 e.